The van der Waals surface area contributed by atoms with E-state index >= 15 is 0 Å². The maximum absolute atomic E-state index is 13.0. The van der Waals surface area contributed by atoms with Gasteiger partial charge in [0.15, 0.2) is 5.11 Å². The lowest BCUT2D eigenvalue weighted by Crippen LogP contribution is -2.35. The number of benzene rings is 3. The highest BCUT2D eigenvalue weighted by Crippen LogP contribution is 2.26. The van der Waals surface area contributed by atoms with E-state index < -0.39 is 0 Å². The van der Waals surface area contributed by atoms with Gasteiger partial charge in [0.1, 0.15) is 17.2 Å². The molecule has 0 spiro atoms. The Hall–Kier alpha value is -4.04. The van der Waals surface area contributed by atoms with E-state index in [-0.39, 0.29) is 12.1 Å². The Morgan fingerprint density at radius 2 is 1.64 bits per heavy atom. The molecule has 2 N–H and O–H groups in total. The molecule has 36 heavy (non-hydrogen) atoms. The molecular weight excluding hydrogens is 474 g/mol. The highest BCUT2D eigenvalue weighted by atomic mass is 32.1. The van der Waals surface area contributed by atoms with Crippen LogP contribution in [0.15, 0.2) is 77.6 Å². The van der Waals surface area contributed by atoms with Crippen LogP contribution < -0.4 is 25.1 Å². The Balaban J connectivity index is 1.68. The van der Waals surface area contributed by atoms with Gasteiger partial charge in [-0.2, -0.15) is 0 Å². The maximum atomic E-state index is 13.0. The van der Waals surface area contributed by atoms with E-state index in [9.17, 15) is 4.79 Å². The van der Waals surface area contributed by atoms with Crippen molar-refractivity contribution < 1.29 is 14.2 Å². The molecule has 0 radical (unpaired) electrons. The molecule has 8 heteroatoms. The molecule has 0 unspecified atom stereocenters. The fraction of sp³-hybridized carbons (Fsp3) is 0.214. The summed E-state index contributed by atoms with van der Waals surface area (Å²) < 4.78 is 16.6. The van der Waals surface area contributed by atoms with E-state index in [2.05, 4.69) is 10.3 Å². The quantitative estimate of drug-likeness (QED) is 0.299. The third-order valence-corrected chi connectivity index (χ3v) is 6.12. The van der Waals surface area contributed by atoms with Gasteiger partial charge in [-0.1, -0.05) is 30.3 Å². The average molecular weight is 504 g/mol. The molecule has 0 atom stereocenters. The number of methoxy groups -OCH3 is 2. The number of para-hydroxylation sites is 3. The Bertz CT molecular complexity index is 1420. The minimum absolute atomic E-state index is 0.182. The summed E-state index contributed by atoms with van der Waals surface area (Å²) in [6.07, 6.45) is 0. The van der Waals surface area contributed by atoms with E-state index in [1.807, 2.05) is 84.6 Å². The lowest BCUT2D eigenvalue weighted by molar-refractivity contribution is 0.341. The number of H-pyrrole nitrogens is 1. The fourth-order valence-corrected chi connectivity index (χ4v) is 4.20. The monoisotopic (exact) mass is 503 g/mol. The van der Waals surface area contributed by atoms with Crippen LogP contribution in [0.25, 0.3) is 10.9 Å². The summed E-state index contributed by atoms with van der Waals surface area (Å²) in [5, 5.41) is 4.67. The van der Waals surface area contributed by atoms with Gasteiger partial charge in [0, 0.05) is 23.7 Å². The Morgan fingerprint density at radius 1 is 0.917 bits per heavy atom. The van der Waals surface area contributed by atoms with Gasteiger partial charge in [0.05, 0.1) is 38.6 Å². The molecule has 1 heterocycles. The summed E-state index contributed by atoms with van der Waals surface area (Å²) in [6, 6.07) is 22.9. The number of thiocarbonyl (C=S) groups is 1. The number of fused-ring (bicyclic) bond motifs is 1. The summed E-state index contributed by atoms with van der Waals surface area (Å²) in [5.74, 6) is 2.14. The lowest BCUT2D eigenvalue weighted by Gasteiger charge is -2.27. The number of pyridine rings is 1. The van der Waals surface area contributed by atoms with Crippen molar-refractivity contribution in [2.75, 3.05) is 26.1 Å². The Kier molecular flexibility index (Phi) is 8.07. The number of aromatic amines is 1. The standard InChI is InChI=1S/C28H29N3O4S/c1-4-35-26-12-8-6-10-23(26)30-28(36)31(17-20-9-5-7-11-25(20)34-3)18-21-15-19-13-14-22(33-2)16-24(19)29-27(21)32/h5-16H,4,17-18H2,1-3H3,(H,29,32)(H,30,36). The summed E-state index contributed by atoms with van der Waals surface area (Å²) in [6.45, 7) is 3.20. The Morgan fingerprint density at radius 3 is 2.39 bits per heavy atom. The van der Waals surface area contributed by atoms with Gasteiger partial charge >= 0.3 is 0 Å². The number of hydrogen-bond acceptors (Lipinski definition) is 5. The molecule has 4 rings (SSSR count). The molecule has 0 saturated heterocycles. The minimum atomic E-state index is -0.182. The molecular formula is C28H29N3O4S. The summed E-state index contributed by atoms with van der Waals surface area (Å²) in [7, 11) is 3.24. The number of nitrogens with zero attached hydrogens (tertiary/aromatic N) is 1. The second kappa shape index (κ2) is 11.6. The van der Waals surface area contributed by atoms with Crippen LogP contribution in [0.3, 0.4) is 0 Å². The number of anilines is 1. The largest absolute Gasteiger partial charge is 0.497 e. The van der Waals surface area contributed by atoms with E-state index in [1.54, 1.807) is 14.2 Å². The van der Waals surface area contributed by atoms with Gasteiger partial charge in [-0.05, 0) is 60.9 Å². The zero-order valence-corrected chi connectivity index (χ0v) is 21.4. The molecule has 0 aliphatic heterocycles. The molecule has 0 aliphatic rings. The van der Waals surface area contributed by atoms with Crippen molar-refractivity contribution in [1.82, 2.24) is 9.88 Å². The van der Waals surface area contributed by atoms with Crippen LogP contribution in [-0.2, 0) is 13.1 Å². The molecule has 186 valence electrons. The van der Waals surface area contributed by atoms with Crippen LogP contribution in [0, 0.1) is 0 Å². The Labute approximate surface area is 215 Å². The normalized spacial score (nSPS) is 10.6. The smallest absolute Gasteiger partial charge is 0.253 e. The number of aromatic nitrogens is 1. The van der Waals surface area contributed by atoms with Gasteiger partial charge in [-0.25, -0.2) is 0 Å². The number of rotatable bonds is 9. The van der Waals surface area contributed by atoms with E-state index in [0.717, 1.165) is 22.4 Å². The third-order valence-electron chi connectivity index (χ3n) is 5.76. The molecule has 7 nitrogen and oxygen atoms in total. The van der Waals surface area contributed by atoms with Crippen LogP contribution in [0.4, 0.5) is 5.69 Å². The van der Waals surface area contributed by atoms with Crippen molar-refractivity contribution in [3.63, 3.8) is 0 Å². The predicted octanol–water partition coefficient (Wildman–Crippen LogP) is 5.34. The highest BCUT2D eigenvalue weighted by Gasteiger charge is 2.17. The first kappa shape index (κ1) is 25.1. The minimum Gasteiger partial charge on any atom is -0.497 e. The third kappa shape index (κ3) is 5.78. The molecule has 0 fully saturated rings. The van der Waals surface area contributed by atoms with E-state index in [0.29, 0.717) is 40.8 Å². The first-order chi connectivity index (χ1) is 17.5. The molecule has 3 aromatic carbocycles. The van der Waals surface area contributed by atoms with Crippen molar-refractivity contribution >= 4 is 33.9 Å². The van der Waals surface area contributed by atoms with Gasteiger partial charge in [0.25, 0.3) is 5.56 Å². The van der Waals surface area contributed by atoms with Gasteiger partial charge in [-0.3, -0.25) is 4.79 Å². The van der Waals surface area contributed by atoms with Crippen LogP contribution in [-0.4, -0.2) is 35.8 Å². The molecule has 0 amide bonds. The topological polar surface area (TPSA) is 75.8 Å². The van der Waals surface area contributed by atoms with Gasteiger partial charge in [0.2, 0.25) is 0 Å². The second-order valence-electron chi connectivity index (χ2n) is 8.10. The SMILES string of the molecule is CCOc1ccccc1NC(=S)N(Cc1ccccc1OC)Cc1cc2ccc(OC)cc2[nH]c1=O. The van der Waals surface area contributed by atoms with Gasteiger partial charge < -0.3 is 29.4 Å². The van der Waals surface area contributed by atoms with Crippen molar-refractivity contribution in [3.05, 3.63) is 94.3 Å². The molecule has 1 aromatic heterocycles. The van der Waals surface area contributed by atoms with Gasteiger partial charge in [-0.15, -0.1) is 0 Å². The van der Waals surface area contributed by atoms with Crippen LogP contribution in [0.2, 0.25) is 0 Å². The number of ether oxygens (including phenoxy) is 3. The zero-order chi connectivity index (χ0) is 25.5. The van der Waals surface area contributed by atoms with Crippen molar-refractivity contribution in [2.24, 2.45) is 0 Å². The molecule has 0 saturated carbocycles. The van der Waals surface area contributed by atoms with E-state index in [1.165, 1.54) is 0 Å². The van der Waals surface area contributed by atoms with Crippen molar-refractivity contribution in [3.8, 4) is 17.2 Å². The number of nitrogens with one attached hydrogen (secondary N) is 2. The first-order valence-electron chi connectivity index (χ1n) is 11.6. The fourth-order valence-electron chi connectivity index (χ4n) is 3.96. The van der Waals surface area contributed by atoms with E-state index in [4.69, 9.17) is 26.4 Å². The molecule has 4 aromatic rings. The summed E-state index contributed by atoms with van der Waals surface area (Å²) >= 11 is 5.84. The van der Waals surface area contributed by atoms with Crippen LogP contribution >= 0.6 is 12.2 Å². The number of hydrogen-bond donors (Lipinski definition) is 2. The summed E-state index contributed by atoms with van der Waals surface area (Å²) in [4.78, 5) is 17.9. The maximum Gasteiger partial charge on any atom is 0.253 e. The highest BCUT2D eigenvalue weighted by molar-refractivity contribution is 7.80. The zero-order valence-electron chi connectivity index (χ0n) is 20.5. The van der Waals surface area contributed by atoms with Crippen LogP contribution in [0.1, 0.15) is 18.1 Å². The van der Waals surface area contributed by atoms with Crippen LogP contribution in [0.5, 0.6) is 17.2 Å². The molecule has 0 aliphatic carbocycles. The average Bonchev–Trinajstić information content (AvgIpc) is 2.89. The molecule has 0 bridgehead atoms. The lowest BCUT2D eigenvalue weighted by atomic mass is 10.1. The summed E-state index contributed by atoms with van der Waals surface area (Å²) in [5.41, 5.74) is 2.83. The van der Waals surface area contributed by atoms with Crippen molar-refractivity contribution in [1.29, 1.82) is 0 Å². The second-order valence-corrected chi connectivity index (χ2v) is 8.49. The predicted molar refractivity (Wildman–Crippen MR) is 147 cm³/mol. The van der Waals surface area contributed by atoms with Crippen molar-refractivity contribution in [2.45, 2.75) is 20.0 Å². The first-order valence-corrected chi connectivity index (χ1v) is 12.0.